The molecule has 0 atom stereocenters. The lowest BCUT2D eigenvalue weighted by Crippen LogP contribution is -2.43. The van der Waals surface area contributed by atoms with E-state index in [1.807, 2.05) is 55.5 Å². The third kappa shape index (κ3) is 7.24. The van der Waals surface area contributed by atoms with Crippen LogP contribution in [0.3, 0.4) is 0 Å². The van der Waals surface area contributed by atoms with Gasteiger partial charge in [-0.2, -0.15) is 0 Å². The number of carbonyl (C=O) groups excluding carboxylic acids is 2. The Morgan fingerprint density at radius 2 is 1.65 bits per heavy atom. The van der Waals surface area contributed by atoms with Crippen molar-refractivity contribution in [3.63, 3.8) is 0 Å². The quantitative estimate of drug-likeness (QED) is 0.226. The van der Waals surface area contributed by atoms with Gasteiger partial charge in [-0.15, -0.1) is 0 Å². The van der Waals surface area contributed by atoms with Crippen molar-refractivity contribution in [2.45, 2.75) is 39.8 Å². The molecule has 4 rings (SSSR count). The fourth-order valence-electron chi connectivity index (χ4n) is 4.62. The number of benzene rings is 3. The van der Waals surface area contributed by atoms with Crippen LogP contribution in [0, 0.1) is 6.92 Å². The molecule has 2 amide bonds. The lowest BCUT2D eigenvalue weighted by molar-refractivity contribution is -0.133. The Bertz CT molecular complexity index is 1500. The zero-order valence-electron chi connectivity index (χ0n) is 23.4. The summed E-state index contributed by atoms with van der Waals surface area (Å²) < 4.78 is 11.0. The summed E-state index contributed by atoms with van der Waals surface area (Å²) in [5.74, 6) is -0.476. The van der Waals surface area contributed by atoms with Gasteiger partial charge in [0.2, 0.25) is 5.91 Å². The van der Waals surface area contributed by atoms with Gasteiger partial charge in [-0.05, 0) is 55.2 Å². The standard InChI is InChI=1S/C33H36N2O5/c1-4-25-12-14-27(15-13-25)33(38)34(17-8-18-39-3)22-31(36)35(20-26-9-6-5-7-10-26)21-28-23-40-30-16-11-24(2)19-29(30)32(28)37/h5-7,9-16,19,23H,4,8,17-18,20-22H2,1-3H3. The molecular weight excluding hydrogens is 504 g/mol. The van der Waals surface area contributed by atoms with E-state index in [9.17, 15) is 14.4 Å². The van der Waals surface area contributed by atoms with E-state index in [0.717, 1.165) is 23.1 Å². The number of carbonyl (C=O) groups is 2. The fraction of sp³-hybridized carbons (Fsp3) is 0.303. The minimum absolute atomic E-state index is 0.0608. The van der Waals surface area contributed by atoms with E-state index in [1.54, 1.807) is 41.2 Å². The third-order valence-electron chi connectivity index (χ3n) is 6.93. The first kappa shape index (κ1) is 28.8. The predicted octanol–water partition coefficient (Wildman–Crippen LogP) is 5.37. The van der Waals surface area contributed by atoms with Crippen LogP contribution in [0.2, 0.25) is 0 Å². The maximum atomic E-state index is 13.8. The highest BCUT2D eigenvalue weighted by atomic mass is 16.5. The molecule has 4 aromatic rings. The number of fused-ring (bicyclic) bond motifs is 1. The number of aryl methyl sites for hydroxylation is 2. The second-order valence-corrected chi connectivity index (χ2v) is 9.95. The first-order chi connectivity index (χ1) is 19.4. The number of nitrogens with zero attached hydrogens (tertiary/aromatic N) is 2. The molecule has 0 fully saturated rings. The number of amides is 2. The van der Waals surface area contributed by atoms with Crippen molar-refractivity contribution < 1.29 is 18.7 Å². The van der Waals surface area contributed by atoms with E-state index in [2.05, 4.69) is 6.92 Å². The Hall–Kier alpha value is -4.23. The van der Waals surface area contributed by atoms with Crippen LogP contribution < -0.4 is 5.43 Å². The van der Waals surface area contributed by atoms with Crippen LogP contribution >= 0.6 is 0 Å². The molecule has 1 heterocycles. The Labute approximate surface area is 235 Å². The average Bonchev–Trinajstić information content (AvgIpc) is 2.98. The highest BCUT2D eigenvalue weighted by Gasteiger charge is 2.24. The molecule has 208 valence electrons. The third-order valence-corrected chi connectivity index (χ3v) is 6.93. The smallest absolute Gasteiger partial charge is 0.254 e. The molecule has 0 saturated carbocycles. The van der Waals surface area contributed by atoms with Crippen molar-refractivity contribution in [1.29, 1.82) is 0 Å². The SMILES string of the molecule is CCc1ccc(C(=O)N(CCCOC)CC(=O)N(Cc2ccccc2)Cc2coc3ccc(C)cc3c2=O)cc1. The first-order valence-corrected chi connectivity index (χ1v) is 13.6. The molecule has 1 aromatic heterocycles. The summed E-state index contributed by atoms with van der Waals surface area (Å²) in [6.45, 7) is 5.04. The van der Waals surface area contributed by atoms with Crippen LogP contribution in [0.5, 0.6) is 0 Å². The van der Waals surface area contributed by atoms with Crippen molar-refractivity contribution in [1.82, 2.24) is 9.80 Å². The highest BCUT2D eigenvalue weighted by Crippen LogP contribution is 2.17. The summed E-state index contributed by atoms with van der Waals surface area (Å²) in [4.78, 5) is 43.9. The Morgan fingerprint density at radius 3 is 2.35 bits per heavy atom. The van der Waals surface area contributed by atoms with Crippen LogP contribution in [0.25, 0.3) is 11.0 Å². The molecule has 0 spiro atoms. The molecule has 0 aliphatic heterocycles. The zero-order chi connectivity index (χ0) is 28.5. The van der Waals surface area contributed by atoms with Crippen LogP contribution in [-0.4, -0.2) is 48.4 Å². The molecule has 0 bridgehead atoms. The van der Waals surface area contributed by atoms with Crippen molar-refractivity contribution >= 4 is 22.8 Å². The molecular formula is C33H36N2O5. The molecule has 0 saturated heterocycles. The van der Waals surface area contributed by atoms with Gasteiger partial charge in [0.25, 0.3) is 5.91 Å². The summed E-state index contributed by atoms with van der Waals surface area (Å²) in [7, 11) is 1.61. The van der Waals surface area contributed by atoms with Crippen molar-refractivity contribution in [2.24, 2.45) is 0 Å². The molecule has 3 aromatic carbocycles. The Kier molecular flexibility index (Phi) is 9.86. The highest BCUT2D eigenvalue weighted by molar-refractivity contribution is 5.96. The van der Waals surface area contributed by atoms with Gasteiger partial charge in [-0.1, -0.05) is 61.0 Å². The Morgan fingerprint density at radius 1 is 0.900 bits per heavy atom. The van der Waals surface area contributed by atoms with E-state index in [1.165, 1.54) is 6.26 Å². The maximum absolute atomic E-state index is 13.8. The molecule has 0 aliphatic rings. The summed E-state index contributed by atoms with van der Waals surface area (Å²) in [6.07, 6.45) is 2.90. The van der Waals surface area contributed by atoms with Gasteiger partial charge in [0.15, 0.2) is 5.43 Å². The molecule has 0 N–H and O–H groups in total. The van der Waals surface area contributed by atoms with Gasteiger partial charge in [0.05, 0.1) is 23.8 Å². The lowest BCUT2D eigenvalue weighted by atomic mass is 10.1. The number of hydrogen-bond acceptors (Lipinski definition) is 5. The van der Waals surface area contributed by atoms with E-state index in [4.69, 9.17) is 9.15 Å². The lowest BCUT2D eigenvalue weighted by Gasteiger charge is -2.28. The van der Waals surface area contributed by atoms with Crippen LogP contribution in [0.4, 0.5) is 0 Å². The molecule has 7 nitrogen and oxygen atoms in total. The summed E-state index contributed by atoms with van der Waals surface area (Å²) in [5.41, 5.74) is 4.26. The van der Waals surface area contributed by atoms with Gasteiger partial charge in [-0.25, -0.2) is 0 Å². The van der Waals surface area contributed by atoms with E-state index in [-0.39, 0.29) is 36.9 Å². The van der Waals surface area contributed by atoms with Gasteiger partial charge in [-0.3, -0.25) is 14.4 Å². The van der Waals surface area contributed by atoms with Crippen molar-refractivity contribution in [3.05, 3.63) is 117 Å². The molecule has 40 heavy (non-hydrogen) atoms. The predicted molar refractivity (Wildman–Crippen MR) is 156 cm³/mol. The van der Waals surface area contributed by atoms with E-state index < -0.39 is 0 Å². The monoisotopic (exact) mass is 540 g/mol. The number of rotatable bonds is 12. The average molecular weight is 541 g/mol. The van der Waals surface area contributed by atoms with Gasteiger partial charge < -0.3 is 19.0 Å². The fourth-order valence-corrected chi connectivity index (χ4v) is 4.62. The normalized spacial score (nSPS) is 11.0. The van der Waals surface area contributed by atoms with Crippen molar-refractivity contribution in [3.8, 4) is 0 Å². The van der Waals surface area contributed by atoms with Crippen LogP contribution in [0.1, 0.15) is 46.0 Å². The largest absolute Gasteiger partial charge is 0.464 e. The second-order valence-electron chi connectivity index (χ2n) is 9.95. The van der Waals surface area contributed by atoms with Gasteiger partial charge in [0, 0.05) is 32.4 Å². The first-order valence-electron chi connectivity index (χ1n) is 13.6. The van der Waals surface area contributed by atoms with Crippen LogP contribution in [-0.2, 0) is 29.0 Å². The Balaban J connectivity index is 1.62. The summed E-state index contributed by atoms with van der Waals surface area (Å²) in [6, 6.07) is 22.5. The number of ether oxygens (including phenoxy) is 1. The van der Waals surface area contributed by atoms with E-state index >= 15 is 0 Å². The zero-order valence-corrected chi connectivity index (χ0v) is 23.4. The van der Waals surface area contributed by atoms with Crippen LogP contribution in [0.15, 0.2) is 88.3 Å². The minimum atomic E-state index is -0.261. The molecule has 7 heteroatoms. The van der Waals surface area contributed by atoms with Crippen molar-refractivity contribution in [2.75, 3.05) is 26.8 Å². The van der Waals surface area contributed by atoms with E-state index in [0.29, 0.717) is 41.7 Å². The molecule has 0 aliphatic carbocycles. The topological polar surface area (TPSA) is 80.1 Å². The number of methoxy groups -OCH3 is 1. The summed E-state index contributed by atoms with van der Waals surface area (Å²) in [5, 5.41) is 0.483. The molecule has 0 radical (unpaired) electrons. The van der Waals surface area contributed by atoms with Gasteiger partial charge >= 0.3 is 0 Å². The van der Waals surface area contributed by atoms with Gasteiger partial charge in [0.1, 0.15) is 12.1 Å². The minimum Gasteiger partial charge on any atom is -0.464 e. The molecule has 0 unspecified atom stereocenters. The summed E-state index contributed by atoms with van der Waals surface area (Å²) >= 11 is 0. The second kappa shape index (κ2) is 13.7. The maximum Gasteiger partial charge on any atom is 0.254 e. The number of hydrogen-bond donors (Lipinski definition) is 0.